The van der Waals surface area contributed by atoms with Crippen LogP contribution in [0.5, 0.6) is 0 Å². The lowest BCUT2D eigenvalue weighted by molar-refractivity contribution is 0.189. The summed E-state index contributed by atoms with van der Waals surface area (Å²) in [6, 6.07) is 9.01. The van der Waals surface area contributed by atoms with Crippen LogP contribution in [-0.2, 0) is 11.8 Å². The monoisotopic (exact) mass is 295 g/mol. The standard InChI is InChI=1S/C19H25N3/c1-3-13-21-18(20-2)22-14-7-12-19(15-22)11-6-9-16-8-4-5-10-17(16)19/h1,4-5,8,10H,6-7,9,11-15H2,2H3,(H,20,21). The molecule has 1 aliphatic heterocycles. The molecule has 1 fully saturated rings. The molecule has 0 amide bonds. The third kappa shape index (κ3) is 2.70. The van der Waals surface area contributed by atoms with E-state index in [9.17, 15) is 0 Å². The summed E-state index contributed by atoms with van der Waals surface area (Å²) >= 11 is 0. The number of guanidine groups is 1. The predicted octanol–water partition coefficient (Wildman–Crippen LogP) is 2.57. The van der Waals surface area contributed by atoms with Crippen LogP contribution in [0.3, 0.4) is 0 Å². The summed E-state index contributed by atoms with van der Waals surface area (Å²) in [5, 5.41) is 3.27. The minimum atomic E-state index is 0.293. The van der Waals surface area contributed by atoms with Gasteiger partial charge in [-0.3, -0.25) is 4.99 Å². The topological polar surface area (TPSA) is 27.6 Å². The average Bonchev–Trinajstić information content (AvgIpc) is 2.56. The van der Waals surface area contributed by atoms with Crippen LogP contribution in [-0.4, -0.2) is 37.5 Å². The number of aryl methyl sites for hydroxylation is 1. The predicted molar refractivity (Wildman–Crippen MR) is 92.1 cm³/mol. The Morgan fingerprint density at radius 2 is 2.18 bits per heavy atom. The maximum Gasteiger partial charge on any atom is 0.194 e. The van der Waals surface area contributed by atoms with Crippen molar-refractivity contribution in [2.45, 2.75) is 37.5 Å². The molecule has 0 saturated carbocycles. The highest BCUT2D eigenvalue weighted by Crippen LogP contribution is 2.43. The largest absolute Gasteiger partial charge is 0.345 e. The van der Waals surface area contributed by atoms with Crippen LogP contribution < -0.4 is 5.32 Å². The van der Waals surface area contributed by atoms with Crippen molar-refractivity contribution >= 4 is 5.96 Å². The smallest absolute Gasteiger partial charge is 0.194 e. The molecule has 1 spiro atoms. The average molecular weight is 295 g/mol. The van der Waals surface area contributed by atoms with Crippen LogP contribution in [0.2, 0.25) is 0 Å². The Hall–Kier alpha value is -1.95. The van der Waals surface area contributed by atoms with Gasteiger partial charge in [0.15, 0.2) is 5.96 Å². The lowest BCUT2D eigenvalue weighted by atomic mass is 9.66. The summed E-state index contributed by atoms with van der Waals surface area (Å²) < 4.78 is 0. The van der Waals surface area contributed by atoms with Crippen LogP contribution in [0.4, 0.5) is 0 Å². The SMILES string of the molecule is C#CCNC(=NC)N1CCCC2(CCCc3ccccc32)C1. The van der Waals surface area contributed by atoms with Gasteiger partial charge in [-0.1, -0.05) is 30.2 Å². The minimum absolute atomic E-state index is 0.293. The molecule has 116 valence electrons. The zero-order chi connectivity index (χ0) is 15.4. The minimum Gasteiger partial charge on any atom is -0.345 e. The van der Waals surface area contributed by atoms with E-state index in [2.05, 4.69) is 45.4 Å². The summed E-state index contributed by atoms with van der Waals surface area (Å²) in [5.74, 6) is 3.58. The van der Waals surface area contributed by atoms with Gasteiger partial charge in [-0.05, 0) is 43.2 Å². The van der Waals surface area contributed by atoms with Crippen molar-refractivity contribution in [1.29, 1.82) is 0 Å². The van der Waals surface area contributed by atoms with Crippen LogP contribution in [0.25, 0.3) is 0 Å². The number of fused-ring (bicyclic) bond motifs is 2. The lowest BCUT2D eigenvalue weighted by Gasteiger charge is -2.47. The molecule has 1 aromatic rings. The van der Waals surface area contributed by atoms with E-state index in [1.54, 1.807) is 11.1 Å². The molecule has 1 heterocycles. The number of nitrogens with zero attached hydrogens (tertiary/aromatic N) is 2. The molecule has 0 aromatic heterocycles. The number of rotatable bonds is 1. The molecule has 3 heteroatoms. The van der Waals surface area contributed by atoms with Crippen molar-refractivity contribution in [3.63, 3.8) is 0 Å². The first-order valence-electron chi connectivity index (χ1n) is 8.26. The number of benzene rings is 1. The van der Waals surface area contributed by atoms with E-state index in [0.717, 1.165) is 19.0 Å². The third-order valence-corrected chi connectivity index (χ3v) is 5.13. The zero-order valence-electron chi connectivity index (χ0n) is 13.4. The second-order valence-corrected chi connectivity index (χ2v) is 6.42. The molecule has 1 aromatic carbocycles. The molecule has 22 heavy (non-hydrogen) atoms. The molecule has 2 aliphatic rings. The number of likely N-dealkylation sites (tertiary alicyclic amines) is 1. The fraction of sp³-hybridized carbons (Fsp3) is 0.526. The summed E-state index contributed by atoms with van der Waals surface area (Å²) in [5.41, 5.74) is 3.40. The van der Waals surface area contributed by atoms with E-state index in [1.807, 2.05) is 7.05 Å². The summed E-state index contributed by atoms with van der Waals surface area (Å²) in [7, 11) is 1.84. The number of nitrogens with one attached hydrogen (secondary N) is 1. The molecule has 0 bridgehead atoms. The second kappa shape index (κ2) is 6.44. The molecular weight excluding hydrogens is 270 g/mol. The maximum absolute atomic E-state index is 5.37. The van der Waals surface area contributed by atoms with E-state index in [0.29, 0.717) is 12.0 Å². The van der Waals surface area contributed by atoms with Crippen molar-refractivity contribution < 1.29 is 0 Å². The van der Waals surface area contributed by atoms with Crippen molar-refractivity contribution in [3.05, 3.63) is 35.4 Å². The van der Waals surface area contributed by atoms with Crippen LogP contribution in [0, 0.1) is 12.3 Å². The third-order valence-electron chi connectivity index (χ3n) is 5.13. The Morgan fingerprint density at radius 3 is 3.00 bits per heavy atom. The Labute approximate surface area is 133 Å². The molecule has 1 saturated heterocycles. The van der Waals surface area contributed by atoms with E-state index in [1.165, 1.54) is 32.1 Å². The second-order valence-electron chi connectivity index (χ2n) is 6.42. The molecular formula is C19H25N3. The summed E-state index contributed by atoms with van der Waals surface area (Å²) in [6.07, 6.45) is 11.7. The van der Waals surface area contributed by atoms with Crippen LogP contribution in [0.1, 0.15) is 36.8 Å². The summed E-state index contributed by atoms with van der Waals surface area (Å²) in [4.78, 5) is 6.81. The van der Waals surface area contributed by atoms with Gasteiger partial charge in [0, 0.05) is 25.6 Å². The molecule has 0 radical (unpaired) electrons. The van der Waals surface area contributed by atoms with E-state index < -0.39 is 0 Å². The maximum atomic E-state index is 5.37. The van der Waals surface area contributed by atoms with Gasteiger partial charge in [0.1, 0.15) is 0 Å². The van der Waals surface area contributed by atoms with Crippen molar-refractivity contribution in [2.24, 2.45) is 4.99 Å². The first-order chi connectivity index (χ1) is 10.8. The van der Waals surface area contributed by atoms with Gasteiger partial charge in [0.05, 0.1) is 6.54 Å². The van der Waals surface area contributed by atoms with E-state index >= 15 is 0 Å². The van der Waals surface area contributed by atoms with Gasteiger partial charge < -0.3 is 10.2 Å². The Kier molecular flexibility index (Phi) is 4.38. The van der Waals surface area contributed by atoms with Crippen molar-refractivity contribution in [2.75, 3.05) is 26.7 Å². The fourth-order valence-electron chi connectivity index (χ4n) is 4.21. The highest BCUT2D eigenvalue weighted by Gasteiger charge is 2.40. The fourth-order valence-corrected chi connectivity index (χ4v) is 4.21. The molecule has 1 N–H and O–H groups in total. The number of piperidine rings is 1. The van der Waals surface area contributed by atoms with Gasteiger partial charge in [-0.15, -0.1) is 6.42 Å². The number of terminal acetylenes is 1. The van der Waals surface area contributed by atoms with E-state index in [-0.39, 0.29) is 0 Å². The van der Waals surface area contributed by atoms with Gasteiger partial charge in [-0.2, -0.15) is 0 Å². The van der Waals surface area contributed by atoms with Gasteiger partial charge in [-0.25, -0.2) is 0 Å². The van der Waals surface area contributed by atoms with Gasteiger partial charge in [0.25, 0.3) is 0 Å². The Morgan fingerprint density at radius 1 is 1.36 bits per heavy atom. The molecule has 1 atom stereocenters. The van der Waals surface area contributed by atoms with E-state index in [4.69, 9.17) is 6.42 Å². The first-order valence-corrected chi connectivity index (χ1v) is 8.26. The molecule has 3 nitrogen and oxygen atoms in total. The highest BCUT2D eigenvalue weighted by atomic mass is 15.3. The zero-order valence-corrected chi connectivity index (χ0v) is 13.4. The van der Waals surface area contributed by atoms with Crippen molar-refractivity contribution in [1.82, 2.24) is 10.2 Å². The number of aliphatic imine (C=N–C) groups is 1. The number of hydrogen-bond acceptors (Lipinski definition) is 1. The lowest BCUT2D eigenvalue weighted by Crippen LogP contribution is -2.53. The van der Waals surface area contributed by atoms with Crippen molar-refractivity contribution in [3.8, 4) is 12.3 Å². The molecule has 1 aliphatic carbocycles. The van der Waals surface area contributed by atoms with Crippen LogP contribution in [0.15, 0.2) is 29.3 Å². The quantitative estimate of drug-likeness (QED) is 0.490. The Bertz CT molecular complexity index is 599. The van der Waals surface area contributed by atoms with Crippen LogP contribution >= 0.6 is 0 Å². The molecule has 1 unspecified atom stereocenters. The highest BCUT2D eigenvalue weighted by molar-refractivity contribution is 5.80. The van der Waals surface area contributed by atoms with Gasteiger partial charge >= 0.3 is 0 Å². The van der Waals surface area contributed by atoms with Gasteiger partial charge in [0.2, 0.25) is 0 Å². The Balaban J connectivity index is 1.86. The normalized spacial score (nSPS) is 24.7. The molecule has 3 rings (SSSR count). The first kappa shape index (κ1) is 15.0. The number of hydrogen-bond donors (Lipinski definition) is 1. The summed E-state index contributed by atoms with van der Waals surface area (Å²) in [6.45, 7) is 2.65.